The molecule has 28 heavy (non-hydrogen) atoms. The molecule has 1 aromatic heterocycles. The zero-order valence-electron chi connectivity index (χ0n) is 16.3. The summed E-state index contributed by atoms with van der Waals surface area (Å²) in [5, 5.41) is 9.83. The van der Waals surface area contributed by atoms with Gasteiger partial charge in [0.2, 0.25) is 5.91 Å². The first-order chi connectivity index (χ1) is 13.6. The molecule has 1 amide bonds. The number of benzene rings is 2. The van der Waals surface area contributed by atoms with Crippen molar-refractivity contribution in [2.75, 3.05) is 18.8 Å². The van der Waals surface area contributed by atoms with Crippen LogP contribution in [0.5, 0.6) is 0 Å². The molecule has 0 saturated carbocycles. The second kappa shape index (κ2) is 8.19. The predicted molar refractivity (Wildman–Crippen MR) is 113 cm³/mol. The lowest BCUT2D eigenvalue weighted by Crippen LogP contribution is -2.27. The van der Waals surface area contributed by atoms with Crippen LogP contribution in [0.4, 0.5) is 0 Å². The first kappa shape index (κ1) is 18.7. The van der Waals surface area contributed by atoms with Gasteiger partial charge in [0, 0.05) is 36.5 Å². The Labute approximate surface area is 169 Å². The molecule has 1 aliphatic heterocycles. The Hall–Kier alpha value is -2.60. The van der Waals surface area contributed by atoms with Crippen molar-refractivity contribution in [2.45, 2.75) is 31.8 Å². The summed E-state index contributed by atoms with van der Waals surface area (Å²) in [4.78, 5) is 13.8. The van der Waals surface area contributed by atoms with E-state index in [1.165, 1.54) is 11.1 Å². The first-order valence-corrected chi connectivity index (χ1v) is 10.6. The highest BCUT2D eigenvalue weighted by atomic mass is 32.2. The number of rotatable bonds is 6. The highest BCUT2D eigenvalue weighted by Crippen LogP contribution is 2.28. The van der Waals surface area contributed by atoms with Crippen LogP contribution in [0.25, 0.3) is 17.1 Å². The summed E-state index contributed by atoms with van der Waals surface area (Å²) in [6, 6.07) is 16.7. The Morgan fingerprint density at radius 1 is 1.04 bits per heavy atom. The highest BCUT2D eigenvalue weighted by molar-refractivity contribution is 7.99. The van der Waals surface area contributed by atoms with Crippen molar-refractivity contribution in [1.82, 2.24) is 19.7 Å². The van der Waals surface area contributed by atoms with E-state index in [2.05, 4.69) is 71.1 Å². The number of hydrogen-bond acceptors (Lipinski definition) is 4. The van der Waals surface area contributed by atoms with Gasteiger partial charge in [0.25, 0.3) is 0 Å². The second-order valence-corrected chi connectivity index (χ2v) is 8.24. The summed E-state index contributed by atoms with van der Waals surface area (Å²) < 4.78 is 2.12. The number of aromatic nitrogens is 3. The van der Waals surface area contributed by atoms with Crippen LogP contribution < -0.4 is 0 Å². The van der Waals surface area contributed by atoms with Gasteiger partial charge in [-0.25, -0.2) is 0 Å². The number of nitrogens with zero attached hydrogens (tertiary/aromatic N) is 4. The third-order valence-electron chi connectivity index (χ3n) is 4.97. The minimum atomic E-state index is 0.265. The number of aryl methyl sites for hydroxylation is 2. The van der Waals surface area contributed by atoms with Crippen molar-refractivity contribution in [1.29, 1.82) is 0 Å². The third kappa shape index (κ3) is 3.97. The topological polar surface area (TPSA) is 51.0 Å². The minimum absolute atomic E-state index is 0.265. The molecule has 0 unspecified atom stereocenters. The molecule has 144 valence electrons. The third-order valence-corrected chi connectivity index (χ3v) is 5.87. The summed E-state index contributed by atoms with van der Waals surface area (Å²) in [6.07, 6.45) is 1.66. The van der Waals surface area contributed by atoms with Crippen LogP contribution in [-0.2, 0) is 4.79 Å². The lowest BCUT2D eigenvalue weighted by atomic mass is 10.1. The largest absolute Gasteiger partial charge is 0.342 e. The molecule has 4 rings (SSSR count). The maximum absolute atomic E-state index is 11.8. The monoisotopic (exact) mass is 392 g/mol. The van der Waals surface area contributed by atoms with Gasteiger partial charge < -0.3 is 4.90 Å². The molecule has 0 N–H and O–H groups in total. The summed E-state index contributed by atoms with van der Waals surface area (Å²) in [7, 11) is 0. The van der Waals surface area contributed by atoms with E-state index in [9.17, 15) is 4.79 Å². The maximum Gasteiger partial charge on any atom is 0.222 e. The number of carbonyl (C=O) groups is 1. The maximum atomic E-state index is 11.8. The summed E-state index contributed by atoms with van der Waals surface area (Å²) in [6.45, 7) is 5.79. The van der Waals surface area contributed by atoms with Crippen molar-refractivity contribution in [3.8, 4) is 17.1 Å². The minimum Gasteiger partial charge on any atom is -0.342 e. The SMILES string of the molecule is Cc1ccc(-n2c(SCCN3CCCC3=O)nnc2-c2cccc(C)c2)cc1. The van der Waals surface area contributed by atoms with E-state index in [-0.39, 0.29) is 5.91 Å². The molecule has 6 heteroatoms. The van der Waals surface area contributed by atoms with Crippen LogP contribution in [0.1, 0.15) is 24.0 Å². The van der Waals surface area contributed by atoms with E-state index in [0.717, 1.165) is 47.5 Å². The normalized spacial score (nSPS) is 14.1. The van der Waals surface area contributed by atoms with Crippen LogP contribution in [0, 0.1) is 13.8 Å². The zero-order chi connectivity index (χ0) is 19.5. The van der Waals surface area contributed by atoms with Gasteiger partial charge in [-0.2, -0.15) is 0 Å². The molecule has 0 radical (unpaired) electrons. The van der Waals surface area contributed by atoms with Crippen LogP contribution >= 0.6 is 11.8 Å². The fourth-order valence-electron chi connectivity index (χ4n) is 3.45. The molecule has 0 spiro atoms. The number of thioether (sulfide) groups is 1. The van der Waals surface area contributed by atoms with Gasteiger partial charge in [-0.1, -0.05) is 53.2 Å². The lowest BCUT2D eigenvalue weighted by Gasteiger charge is -2.15. The van der Waals surface area contributed by atoms with Gasteiger partial charge in [0.05, 0.1) is 0 Å². The van der Waals surface area contributed by atoms with E-state index in [1.807, 2.05) is 11.0 Å². The molecule has 0 atom stereocenters. The van der Waals surface area contributed by atoms with Gasteiger partial charge >= 0.3 is 0 Å². The molecule has 2 heterocycles. The second-order valence-electron chi connectivity index (χ2n) is 7.18. The highest BCUT2D eigenvalue weighted by Gasteiger charge is 2.21. The van der Waals surface area contributed by atoms with E-state index in [0.29, 0.717) is 6.42 Å². The van der Waals surface area contributed by atoms with Gasteiger partial charge in [-0.15, -0.1) is 10.2 Å². The fraction of sp³-hybridized carbons (Fsp3) is 0.318. The van der Waals surface area contributed by atoms with Crippen molar-refractivity contribution in [3.05, 3.63) is 59.7 Å². The molecule has 3 aromatic rings. The van der Waals surface area contributed by atoms with Gasteiger partial charge in [0.15, 0.2) is 11.0 Å². The van der Waals surface area contributed by atoms with E-state index < -0.39 is 0 Å². The average molecular weight is 393 g/mol. The molecule has 1 saturated heterocycles. The molecule has 2 aromatic carbocycles. The summed E-state index contributed by atoms with van der Waals surface area (Å²) >= 11 is 1.65. The van der Waals surface area contributed by atoms with E-state index in [4.69, 9.17) is 0 Å². The van der Waals surface area contributed by atoms with Gasteiger partial charge in [-0.05, 0) is 38.5 Å². The van der Waals surface area contributed by atoms with Crippen LogP contribution in [0.3, 0.4) is 0 Å². The van der Waals surface area contributed by atoms with Gasteiger partial charge in [0.1, 0.15) is 0 Å². The van der Waals surface area contributed by atoms with Crippen molar-refractivity contribution in [2.24, 2.45) is 0 Å². The van der Waals surface area contributed by atoms with Crippen molar-refractivity contribution >= 4 is 17.7 Å². The van der Waals surface area contributed by atoms with Crippen LogP contribution in [-0.4, -0.2) is 44.4 Å². The Balaban J connectivity index is 1.64. The van der Waals surface area contributed by atoms with E-state index >= 15 is 0 Å². The molecule has 1 aliphatic rings. The van der Waals surface area contributed by atoms with Crippen LogP contribution in [0.2, 0.25) is 0 Å². The smallest absolute Gasteiger partial charge is 0.222 e. The number of hydrogen-bond donors (Lipinski definition) is 0. The Bertz CT molecular complexity index is 980. The molecule has 1 fully saturated rings. The van der Waals surface area contributed by atoms with Gasteiger partial charge in [-0.3, -0.25) is 9.36 Å². The number of likely N-dealkylation sites (tertiary alicyclic amines) is 1. The molecular formula is C22H24N4OS. The van der Waals surface area contributed by atoms with Crippen molar-refractivity contribution < 1.29 is 4.79 Å². The van der Waals surface area contributed by atoms with E-state index in [1.54, 1.807) is 11.8 Å². The Morgan fingerprint density at radius 3 is 2.57 bits per heavy atom. The molecular weight excluding hydrogens is 368 g/mol. The molecule has 0 bridgehead atoms. The van der Waals surface area contributed by atoms with Crippen molar-refractivity contribution in [3.63, 3.8) is 0 Å². The number of amides is 1. The molecule has 5 nitrogen and oxygen atoms in total. The average Bonchev–Trinajstić information content (AvgIpc) is 3.29. The summed E-state index contributed by atoms with van der Waals surface area (Å²) in [5.74, 6) is 1.91. The summed E-state index contributed by atoms with van der Waals surface area (Å²) in [5.41, 5.74) is 4.51. The fourth-order valence-corrected chi connectivity index (χ4v) is 4.36. The standard InChI is InChI=1S/C22H24N4OS/c1-16-8-10-19(11-9-16)26-21(18-6-3-5-17(2)15-18)23-24-22(26)28-14-13-25-12-4-7-20(25)27/h3,5-6,8-11,15H,4,7,12-14H2,1-2H3. The quantitative estimate of drug-likeness (QED) is 0.588. The lowest BCUT2D eigenvalue weighted by molar-refractivity contribution is -0.127. The zero-order valence-corrected chi connectivity index (χ0v) is 17.1. The number of carbonyl (C=O) groups excluding carboxylic acids is 1. The predicted octanol–water partition coefficient (Wildman–Crippen LogP) is 4.27. The van der Waals surface area contributed by atoms with Crippen LogP contribution in [0.15, 0.2) is 53.7 Å². The molecule has 0 aliphatic carbocycles. The Kier molecular flexibility index (Phi) is 5.48. The Morgan fingerprint density at radius 2 is 1.86 bits per heavy atom. The first-order valence-electron chi connectivity index (χ1n) is 9.62.